The van der Waals surface area contributed by atoms with Gasteiger partial charge in [0.1, 0.15) is 6.33 Å². The van der Waals surface area contributed by atoms with Gasteiger partial charge in [0.05, 0.1) is 12.7 Å². The van der Waals surface area contributed by atoms with Crippen LogP contribution in [0.15, 0.2) is 41.8 Å². The summed E-state index contributed by atoms with van der Waals surface area (Å²) in [5.41, 5.74) is 11.2. The molecule has 9 atom stereocenters. The standard InChI is InChI=1S/C38H63NO.C6H10N4O.C2H6/c1-12-28-22-34(9,32(28)40-24-36(11,39)26(4)5)31-15-14-30-29(33(31,7)8)16-19-38-18-13-17-37(23-38,27(6)25(2)3)21-20-35(30,38)10;1-4(2)9-6(11)5-7-3-8-10-5;1-2/h12-13,16,18,25-27,30-32H,14-15,17,19-24,39H2,1-11H3;3-4H,1-2H3,(H,9,11)(H,7,8,10);1-2H3/b28-12-;;/t27-,30?,31?,32?,34+,35?,36+,37+,38+;;/m1../s1. The van der Waals surface area contributed by atoms with Crippen molar-refractivity contribution in [3.05, 3.63) is 47.6 Å². The highest BCUT2D eigenvalue weighted by molar-refractivity contribution is 5.90. The second kappa shape index (κ2) is 16.1. The minimum absolute atomic E-state index is 0.118. The number of fused-ring (bicyclic) bond motifs is 3. The zero-order chi connectivity index (χ0) is 39.8. The summed E-state index contributed by atoms with van der Waals surface area (Å²) in [6.07, 6.45) is 22.5. The molecule has 7 heteroatoms. The van der Waals surface area contributed by atoms with Crippen LogP contribution >= 0.6 is 0 Å². The van der Waals surface area contributed by atoms with Gasteiger partial charge < -0.3 is 15.8 Å². The molecule has 1 heterocycles. The van der Waals surface area contributed by atoms with Gasteiger partial charge in [0, 0.05) is 17.0 Å². The molecule has 300 valence electrons. The third kappa shape index (κ3) is 7.78. The third-order valence-electron chi connectivity index (χ3n) is 15.7. The molecule has 5 aliphatic carbocycles. The van der Waals surface area contributed by atoms with Crippen molar-refractivity contribution < 1.29 is 9.53 Å². The molecule has 1 spiro atoms. The lowest BCUT2D eigenvalue weighted by molar-refractivity contribution is -0.148. The molecule has 0 saturated heterocycles. The van der Waals surface area contributed by atoms with Gasteiger partial charge in [-0.25, -0.2) is 4.98 Å². The molecule has 53 heavy (non-hydrogen) atoms. The molecule has 7 nitrogen and oxygen atoms in total. The van der Waals surface area contributed by atoms with Crippen molar-refractivity contribution in [1.82, 2.24) is 20.5 Å². The smallest absolute Gasteiger partial charge is 0.288 e. The first-order valence-electron chi connectivity index (χ1n) is 21.3. The quantitative estimate of drug-likeness (QED) is 0.219. The van der Waals surface area contributed by atoms with E-state index in [0.717, 1.165) is 11.8 Å². The molecule has 1 aromatic rings. The Kier molecular flexibility index (Phi) is 13.2. The fourth-order valence-corrected chi connectivity index (χ4v) is 11.7. The van der Waals surface area contributed by atoms with E-state index in [2.05, 4.69) is 121 Å². The van der Waals surface area contributed by atoms with Gasteiger partial charge in [-0.1, -0.05) is 106 Å². The van der Waals surface area contributed by atoms with E-state index in [1.54, 1.807) is 5.57 Å². The number of carbonyl (C=O) groups is 1. The number of hydrogen-bond donors (Lipinski definition) is 3. The maximum Gasteiger partial charge on any atom is 0.288 e. The predicted molar refractivity (Wildman–Crippen MR) is 221 cm³/mol. The summed E-state index contributed by atoms with van der Waals surface area (Å²) >= 11 is 0. The van der Waals surface area contributed by atoms with Gasteiger partial charge in [-0.05, 0) is 136 Å². The van der Waals surface area contributed by atoms with E-state index < -0.39 is 0 Å². The SMILES string of the molecule is C/C=C1/C[C@@](C)(C2CCC3C(=CC[C@]45C=CC[C@]([C@H](C)C(C)C)(CCC34C)C5)C2(C)C)C1OC[C@](C)(N)C(C)C.CC.CC(C)NC(=O)c1ncn[nH]1. The number of nitrogens with two attached hydrogens (primary N) is 1. The van der Waals surface area contributed by atoms with Crippen LogP contribution in [0.3, 0.4) is 0 Å². The summed E-state index contributed by atoms with van der Waals surface area (Å²) in [5, 5.41) is 8.70. The Bertz CT molecular complexity index is 1490. The molecule has 0 aliphatic heterocycles. The topological polar surface area (TPSA) is 106 Å². The van der Waals surface area contributed by atoms with Crippen molar-refractivity contribution in [2.75, 3.05) is 6.61 Å². The molecule has 2 bridgehead atoms. The molecular formula is C46H79N5O2. The normalized spacial score (nSPS) is 36.5. The number of allylic oxidation sites excluding steroid dienone is 5. The monoisotopic (exact) mass is 734 g/mol. The number of H-pyrrole nitrogens is 1. The minimum Gasteiger partial charge on any atom is -0.371 e. The van der Waals surface area contributed by atoms with Gasteiger partial charge in [0.25, 0.3) is 5.91 Å². The molecular weight excluding hydrogens is 655 g/mol. The van der Waals surface area contributed by atoms with Crippen LogP contribution in [-0.2, 0) is 4.74 Å². The van der Waals surface area contributed by atoms with Crippen LogP contribution in [0.4, 0.5) is 0 Å². The molecule has 4 N–H and O–H groups in total. The van der Waals surface area contributed by atoms with Crippen LogP contribution in [0.5, 0.6) is 0 Å². The Labute approximate surface area is 324 Å². The summed E-state index contributed by atoms with van der Waals surface area (Å²) in [6, 6.07) is 0.118. The lowest BCUT2D eigenvalue weighted by atomic mass is 9.36. The highest BCUT2D eigenvalue weighted by Crippen LogP contribution is 2.74. The fraction of sp³-hybridized carbons (Fsp3) is 0.804. The van der Waals surface area contributed by atoms with Gasteiger partial charge in [0.2, 0.25) is 5.82 Å². The Hall–Kier alpha value is -2.25. The molecule has 0 radical (unpaired) electrons. The number of ether oxygens (including phenoxy) is 1. The van der Waals surface area contributed by atoms with E-state index in [0.29, 0.717) is 40.6 Å². The van der Waals surface area contributed by atoms with Crippen molar-refractivity contribution in [2.45, 2.75) is 173 Å². The van der Waals surface area contributed by atoms with Crippen molar-refractivity contribution in [2.24, 2.45) is 62.4 Å². The maximum atomic E-state index is 11.1. The first kappa shape index (κ1) is 43.5. The van der Waals surface area contributed by atoms with E-state index >= 15 is 0 Å². The van der Waals surface area contributed by atoms with Gasteiger partial charge in [0.15, 0.2) is 0 Å². The maximum absolute atomic E-state index is 11.1. The fourth-order valence-electron chi connectivity index (χ4n) is 11.7. The molecule has 6 rings (SSSR count). The average Bonchev–Trinajstić information content (AvgIpc) is 3.64. The average molecular weight is 734 g/mol. The number of nitrogens with one attached hydrogen (secondary N) is 2. The molecule has 1 aromatic heterocycles. The number of nitrogens with zero attached hydrogens (tertiary/aromatic N) is 2. The summed E-state index contributed by atoms with van der Waals surface area (Å²) in [7, 11) is 0. The summed E-state index contributed by atoms with van der Waals surface area (Å²) in [6.45, 7) is 35.1. The first-order valence-corrected chi connectivity index (χ1v) is 21.3. The van der Waals surface area contributed by atoms with Crippen molar-refractivity contribution in [1.29, 1.82) is 0 Å². The van der Waals surface area contributed by atoms with Crippen LogP contribution in [0, 0.1) is 56.7 Å². The van der Waals surface area contributed by atoms with E-state index in [1.807, 2.05) is 27.7 Å². The van der Waals surface area contributed by atoms with Gasteiger partial charge in [-0.15, -0.1) is 0 Å². The van der Waals surface area contributed by atoms with Crippen molar-refractivity contribution >= 4 is 5.91 Å². The number of aromatic nitrogens is 3. The lowest BCUT2D eigenvalue weighted by Crippen LogP contribution is -2.62. The second-order valence-electron chi connectivity index (χ2n) is 19.9. The summed E-state index contributed by atoms with van der Waals surface area (Å²) < 4.78 is 6.80. The molecule has 0 aromatic carbocycles. The zero-order valence-corrected chi connectivity index (χ0v) is 36.6. The summed E-state index contributed by atoms with van der Waals surface area (Å²) in [4.78, 5) is 14.8. The second-order valence-corrected chi connectivity index (χ2v) is 19.9. The van der Waals surface area contributed by atoms with Crippen molar-refractivity contribution in [3.63, 3.8) is 0 Å². The zero-order valence-electron chi connectivity index (χ0n) is 36.6. The number of rotatable bonds is 9. The molecule has 3 saturated carbocycles. The Morgan fingerprint density at radius 1 is 1.08 bits per heavy atom. The molecule has 3 fully saturated rings. The first-order chi connectivity index (χ1) is 24.7. The molecule has 5 aliphatic rings. The van der Waals surface area contributed by atoms with Gasteiger partial charge >= 0.3 is 0 Å². The molecule has 4 unspecified atom stereocenters. The number of carbonyl (C=O) groups excluding carboxylic acids is 1. The molecule has 1 amide bonds. The number of amides is 1. The van der Waals surface area contributed by atoms with E-state index in [-0.39, 0.29) is 40.2 Å². The van der Waals surface area contributed by atoms with Crippen LogP contribution in [0.1, 0.15) is 166 Å². The minimum atomic E-state index is -0.297. The van der Waals surface area contributed by atoms with Gasteiger partial charge in [-0.2, -0.15) is 5.10 Å². The van der Waals surface area contributed by atoms with E-state index in [4.69, 9.17) is 10.5 Å². The lowest BCUT2D eigenvalue weighted by Gasteiger charge is -2.69. The Morgan fingerprint density at radius 2 is 1.75 bits per heavy atom. The highest BCUT2D eigenvalue weighted by atomic mass is 16.5. The predicted octanol–water partition coefficient (Wildman–Crippen LogP) is 10.9. The van der Waals surface area contributed by atoms with Gasteiger partial charge in [-0.3, -0.25) is 9.89 Å². The largest absolute Gasteiger partial charge is 0.371 e. The van der Waals surface area contributed by atoms with Crippen LogP contribution in [-0.4, -0.2) is 45.4 Å². The van der Waals surface area contributed by atoms with Crippen LogP contribution in [0.25, 0.3) is 0 Å². The van der Waals surface area contributed by atoms with Crippen molar-refractivity contribution in [3.8, 4) is 0 Å². The highest BCUT2D eigenvalue weighted by Gasteiger charge is 2.66. The van der Waals surface area contributed by atoms with E-state index in [9.17, 15) is 4.79 Å². The third-order valence-corrected chi connectivity index (χ3v) is 15.7. The Balaban J connectivity index is 0.000000411. The number of aromatic amines is 1. The summed E-state index contributed by atoms with van der Waals surface area (Å²) in [5.74, 6) is 3.31. The van der Waals surface area contributed by atoms with Crippen LogP contribution < -0.4 is 11.1 Å². The van der Waals surface area contributed by atoms with Crippen LogP contribution in [0.2, 0.25) is 0 Å². The van der Waals surface area contributed by atoms with E-state index in [1.165, 1.54) is 63.3 Å². The Morgan fingerprint density at radius 3 is 2.32 bits per heavy atom. The number of hydrogen-bond acceptors (Lipinski definition) is 5.